The van der Waals surface area contributed by atoms with Crippen LogP contribution in [0, 0.1) is 5.82 Å². The minimum atomic E-state index is -0.960. The number of halogens is 1. The first-order chi connectivity index (χ1) is 11.5. The van der Waals surface area contributed by atoms with Crippen LogP contribution in [0.25, 0.3) is 0 Å². The van der Waals surface area contributed by atoms with Crippen molar-refractivity contribution in [2.45, 2.75) is 31.8 Å². The van der Waals surface area contributed by atoms with Crippen LogP contribution in [0.5, 0.6) is 0 Å². The van der Waals surface area contributed by atoms with Gasteiger partial charge in [0.15, 0.2) is 0 Å². The van der Waals surface area contributed by atoms with Gasteiger partial charge in [0.25, 0.3) is 5.91 Å². The number of imide groups is 1. The van der Waals surface area contributed by atoms with Gasteiger partial charge in [-0.3, -0.25) is 9.69 Å². The third-order valence-corrected chi connectivity index (χ3v) is 4.39. The van der Waals surface area contributed by atoms with E-state index >= 15 is 0 Å². The third-order valence-electron chi connectivity index (χ3n) is 4.39. The highest BCUT2D eigenvalue weighted by atomic mass is 19.1. The van der Waals surface area contributed by atoms with E-state index in [4.69, 9.17) is 0 Å². The van der Waals surface area contributed by atoms with Gasteiger partial charge in [0.05, 0.1) is 6.54 Å². The normalized spacial score (nSPS) is 20.3. The molecule has 3 rings (SSSR count). The summed E-state index contributed by atoms with van der Waals surface area (Å²) in [6.07, 6.45) is 1.17. The number of rotatable bonds is 5. The number of nitrogens with one attached hydrogen (secondary N) is 1. The third kappa shape index (κ3) is 3.15. The molecule has 0 bridgehead atoms. The van der Waals surface area contributed by atoms with Crippen molar-refractivity contribution in [2.24, 2.45) is 0 Å². The molecule has 24 heavy (non-hydrogen) atoms. The molecule has 0 saturated carbocycles. The fraction of sp³-hybridized carbons (Fsp3) is 0.263. The molecule has 1 atom stereocenters. The van der Waals surface area contributed by atoms with Gasteiger partial charge in [0, 0.05) is 5.56 Å². The maximum Gasteiger partial charge on any atom is 0.325 e. The zero-order valence-electron chi connectivity index (χ0n) is 13.5. The van der Waals surface area contributed by atoms with E-state index in [1.54, 1.807) is 25.1 Å². The standard InChI is InChI=1S/C19H19FN2O2/c1-19(12-11-14-7-3-2-4-8-14)17(23)22(18(24)21-19)13-15-9-5-6-10-16(15)20/h2-10H,11-13H2,1H3,(H,21,24)/t19-/m1/s1. The second-order valence-electron chi connectivity index (χ2n) is 6.23. The molecule has 1 saturated heterocycles. The lowest BCUT2D eigenvalue weighted by atomic mass is 9.93. The lowest BCUT2D eigenvalue weighted by Crippen LogP contribution is -2.44. The number of urea groups is 1. The minimum Gasteiger partial charge on any atom is -0.323 e. The van der Waals surface area contributed by atoms with E-state index in [9.17, 15) is 14.0 Å². The molecule has 1 aliphatic heterocycles. The lowest BCUT2D eigenvalue weighted by molar-refractivity contribution is -0.131. The highest BCUT2D eigenvalue weighted by molar-refractivity contribution is 6.06. The van der Waals surface area contributed by atoms with Crippen molar-refractivity contribution in [2.75, 3.05) is 0 Å². The predicted octanol–water partition coefficient (Wildman–Crippen LogP) is 3.27. The highest BCUT2D eigenvalue weighted by Crippen LogP contribution is 2.25. The Hall–Kier alpha value is -2.69. The molecule has 3 amide bonds. The number of carbonyl (C=O) groups is 2. The Balaban J connectivity index is 1.72. The average molecular weight is 326 g/mol. The topological polar surface area (TPSA) is 49.4 Å². The number of carbonyl (C=O) groups excluding carboxylic acids is 2. The molecule has 1 aliphatic rings. The Morgan fingerprint density at radius 1 is 1.04 bits per heavy atom. The molecule has 4 nitrogen and oxygen atoms in total. The van der Waals surface area contributed by atoms with Crippen LogP contribution in [0.2, 0.25) is 0 Å². The molecule has 0 aromatic heterocycles. The first-order valence-electron chi connectivity index (χ1n) is 7.91. The van der Waals surface area contributed by atoms with E-state index < -0.39 is 17.4 Å². The van der Waals surface area contributed by atoms with Gasteiger partial charge in [-0.05, 0) is 31.4 Å². The second kappa shape index (κ2) is 6.43. The van der Waals surface area contributed by atoms with Crippen molar-refractivity contribution in [1.29, 1.82) is 0 Å². The maximum atomic E-state index is 13.8. The van der Waals surface area contributed by atoms with E-state index in [1.165, 1.54) is 6.07 Å². The molecule has 124 valence electrons. The van der Waals surface area contributed by atoms with Gasteiger partial charge in [-0.1, -0.05) is 48.5 Å². The van der Waals surface area contributed by atoms with Crippen LogP contribution < -0.4 is 5.32 Å². The summed E-state index contributed by atoms with van der Waals surface area (Å²) in [5.41, 5.74) is 0.472. The Bertz CT molecular complexity index is 763. The number of nitrogens with zero attached hydrogens (tertiary/aromatic N) is 1. The van der Waals surface area contributed by atoms with Crippen molar-refractivity contribution in [3.63, 3.8) is 0 Å². The number of benzene rings is 2. The van der Waals surface area contributed by atoms with Crippen molar-refractivity contribution < 1.29 is 14.0 Å². The van der Waals surface area contributed by atoms with Gasteiger partial charge in [0.2, 0.25) is 0 Å². The zero-order valence-corrected chi connectivity index (χ0v) is 13.5. The molecule has 1 fully saturated rings. The van der Waals surface area contributed by atoms with Gasteiger partial charge < -0.3 is 5.32 Å². The number of aryl methyl sites for hydroxylation is 1. The van der Waals surface area contributed by atoms with E-state index in [-0.39, 0.29) is 12.5 Å². The number of hydrogen-bond acceptors (Lipinski definition) is 2. The molecule has 0 radical (unpaired) electrons. The summed E-state index contributed by atoms with van der Waals surface area (Å²) in [4.78, 5) is 26.0. The van der Waals surface area contributed by atoms with Crippen molar-refractivity contribution in [3.8, 4) is 0 Å². The molecule has 1 heterocycles. The van der Waals surface area contributed by atoms with Gasteiger partial charge in [-0.2, -0.15) is 0 Å². The smallest absolute Gasteiger partial charge is 0.323 e. The van der Waals surface area contributed by atoms with Crippen LogP contribution in [0.3, 0.4) is 0 Å². The van der Waals surface area contributed by atoms with Crippen LogP contribution in [-0.4, -0.2) is 22.4 Å². The summed E-state index contributed by atoms with van der Waals surface area (Å²) in [5.74, 6) is -0.734. The van der Waals surface area contributed by atoms with Crippen molar-refractivity contribution in [3.05, 3.63) is 71.5 Å². The quantitative estimate of drug-likeness (QED) is 0.857. The van der Waals surface area contributed by atoms with Crippen LogP contribution in [0.1, 0.15) is 24.5 Å². The van der Waals surface area contributed by atoms with E-state index in [0.29, 0.717) is 18.4 Å². The molecule has 0 unspecified atom stereocenters. The Morgan fingerprint density at radius 2 is 1.71 bits per heavy atom. The van der Waals surface area contributed by atoms with Gasteiger partial charge >= 0.3 is 6.03 Å². The molecule has 2 aromatic rings. The first-order valence-corrected chi connectivity index (χ1v) is 7.91. The van der Waals surface area contributed by atoms with E-state index in [0.717, 1.165) is 10.5 Å². The molecular weight excluding hydrogens is 307 g/mol. The Labute approximate surface area is 140 Å². The van der Waals surface area contributed by atoms with Crippen molar-refractivity contribution in [1.82, 2.24) is 10.2 Å². The van der Waals surface area contributed by atoms with E-state index in [2.05, 4.69) is 5.32 Å². The predicted molar refractivity (Wildman–Crippen MR) is 88.6 cm³/mol. The fourth-order valence-corrected chi connectivity index (χ4v) is 2.90. The Morgan fingerprint density at radius 3 is 2.42 bits per heavy atom. The van der Waals surface area contributed by atoms with Crippen LogP contribution >= 0.6 is 0 Å². The molecule has 0 spiro atoms. The van der Waals surface area contributed by atoms with E-state index in [1.807, 2.05) is 30.3 Å². The monoisotopic (exact) mass is 326 g/mol. The van der Waals surface area contributed by atoms with Gasteiger partial charge in [-0.25, -0.2) is 9.18 Å². The molecule has 5 heteroatoms. The zero-order chi connectivity index (χ0) is 17.2. The minimum absolute atomic E-state index is 0.0573. The second-order valence-corrected chi connectivity index (χ2v) is 6.23. The molecule has 1 N–H and O–H groups in total. The van der Waals surface area contributed by atoms with Gasteiger partial charge in [0.1, 0.15) is 11.4 Å². The average Bonchev–Trinajstić information content (AvgIpc) is 2.80. The summed E-state index contributed by atoms with van der Waals surface area (Å²) in [5, 5.41) is 2.76. The molecular formula is C19H19FN2O2. The highest BCUT2D eigenvalue weighted by Gasteiger charge is 2.47. The number of hydrogen-bond donors (Lipinski definition) is 1. The first kappa shape index (κ1) is 16.2. The molecule has 0 aliphatic carbocycles. The number of amides is 3. The summed E-state index contributed by atoms with van der Waals surface area (Å²) in [6.45, 7) is 1.66. The Kier molecular flexibility index (Phi) is 4.34. The van der Waals surface area contributed by atoms with Crippen LogP contribution in [-0.2, 0) is 17.8 Å². The molecule has 2 aromatic carbocycles. The van der Waals surface area contributed by atoms with Crippen LogP contribution in [0.15, 0.2) is 54.6 Å². The van der Waals surface area contributed by atoms with Crippen LogP contribution in [0.4, 0.5) is 9.18 Å². The lowest BCUT2D eigenvalue weighted by Gasteiger charge is -2.21. The summed E-state index contributed by atoms with van der Waals surface area (Å²) in [6, 6.07) is 15.5. The largest absolute Gasteiger partial charge is 0.325 e. The summed E-state index contributed by atoms with van der Waals surface area (Å²) in [7, 11) is 0. The summed E-state index contributed by atoms with van der Waals surface area (Å²) >= 11 is 0. The maximum absolute atomic E-state index is 13.8. The van der Waals surface area contributed by atoms with Crippen molar-refractivity contribution >= 4 is 11.9 Å². The SMILES string of the molecule is C[C@]1(CCc2ccccc2)NC(=O)N(Cc2ccccc2F)C1=O. The summed E-state index contributed by atoms with van der Waals surface area (Å²) < 4.78 is 13.8. The van der Waals surface area contributed by atoms with Gasteiger partial charge in [-0.15, -0.1) is 0 Å². The fourth-order valence-electron chi connectivity index (χ4n) is 2.90.